The molecule has 0 bridgehead atoms. The smallest absolute Gasteiger partial charge is 0.186 e. The molecule has 2 fully saturated rings. The Balaban J connectivity index is 1.57. The summed E-state index contributed by atoms with van der Waals surface area (Å²) in [4.78, 5) is 0. The lowest BCUT2D eigenvalue weighted by atomic mass is 9.97. The number of hydrogen-bond acceptors (Lipinski definition) is 6. The third kappa shape index (κ3) is 5.41. The normalized spacial score (nSPS) is 30.5. The molecule has 0 spiro atoms. The maximum absolute atomic E-state index is 6.41. The van der Waals surface area contributed by atoms with Crippen molar-refractivity contribution in [1.82, 2.24) is 0 Å². The van der Waals surface area contributed by atoms with E-state index in [2.05, 4.69) is 6.58 Å². The number of ether oxygens (including phenoxy) is 6. The van der Waals surface area contributed by atoms with Gasteiger partial charge in [-0.3, -0.25) is 0 Å². The third-order valence-electron chi connectivity index (χ3n) is 5.38. The molecule has 0 aromatic heterocycles. The summed E-state index contributed by atoms with van der Waals surface area (Å²) in [5.74, 6) is 0. The highest BCUT2D eigenvalue weighted by Gasteiger charge is 2.51. The number of fused-ring (bicyclic) bond motifs is 1. The van der Waals surface area contributed by atoms with Gasteiger partial charge < -0.3 is 28.4 Å². The summed E-state index contributed by atoms with van der Waals surface area (Å²) in [5, 5.41) is 0. The monoisotopic (exact) mass is 426 g/mol. The molecule has 4 rings (SSSR count). The van der Waals surface area contributed by atoms with Crippen LogP contribution in [0.4, 0.5) is 0 Å². The van der Waals surface area contributed by atoms with Crippen LogP contribution in [0.2, 0.25) is 0 Å². The Morgan fingerprint density at radius 3 is 2.39 bits per heavy atom. The third-order valence-corrected chi connectivity index (χ3v) is 5.38. The predicted molar refractivity (Wildman–Crippen MR) is 115 cm³/mol. The molecule has 2 saturated heterocycles. The van der Waals surface area contributed by atoms with Crippen molar-refractivity contribution in [1.29, 1.82) is 0 Å². The van der Waals surface area contributed by atoms with E-state index in [1.165, 1.54) is 0 Å². The molecule has 2 aliphatic rings. The fraction of sp³-hybridized carbons (Fsp3) is 0.440. The van der Waals surface area contributed by atoms with Crippen molar-refractivity contribution in [3.8, 4) is 0 Å². The van der Waals surface area contributed by atoms with E-state index in [0.29, 0.717) is 26.4 Å². The van der Waals surface area contributed by atoms with E-state index < -0.39 is 24.8 Å². The van der Waals surface area contributed by atoms with Crippen molar-refractivity contribution < 1.29 is 28.4 Å². The van der Waals surface area contributed by atoms with Crippen molar-refractivity contribution in [3.63, 3.8) is 0 Å². The van der Waals surface area contributed by atoms with Gasteiger partial charge in [0.1, 0.15) is 24.4 Å². The molecule has 31 heavy (non-hydrogen) atoms. The largest absolute Gasteiger partial charge is 0.368 e. The van der Waals surface area contributed by atoms with Gasteiger partial charge in [0.15, 0.2) is 12.6 Å². The van der Waals surface area contributed by atoms with Gasteiger partial charge in [-0.05, 0) is 12.5 Å². The molecule has 1 unspecified atom stereocenters. The average molecular weight is 427 g/mol. The van der Waals surface area contributed by atoms with Gasteiger partial charge in [-0.15, -0.1) is 6.58 Å². The Hall–Kier alpha value is -2.06. The minimum absolute atomic E-state index is 0.319. The van der Waals surface area contributed by atoms with Crippen molar-refractivity contribution >= 4 is 0 Å². The maximum atomic E-state index is 6.41. The molecule has 2 aromatic carbocycles. The van der Waals surface area contributed by atoms with Gasteiger partial charge in [0.2, 0.25) is 0 Å². The zero-order valence-corrected chi connectivity index (χ0v) is 17.8. The predicted octanol–water partition coefficient (Wildman–Crippen LogP) is 4.02. The topological polar surface area (TPSA) is 55.4 Å². The summed E-state index contributed by atoms with van der Waals surface area (Å²) >= 11 is 0. The first-order chi connectivity index (χ1) is 15.3. The lowest BCUT2D eigenvalue weighted by Gasteiger charge is -2.48. The molecule has 0 saturated carbocycles. The molecule has 2 aliphatic heterocycles. The van der Waals surface area contributed by atoms with Gasteiger partial charge in [-0.1, -0.05) is 66.7 Å². The minimum atomic E-state index is -0.576. The molecule has 6 atom stereocenters. The fourth-order valence-electron chi connectivity index (χ4n) is 3.94. The Morgan fingerprint density at radius 2 is 1.68 bits per heavy atom. The first-order valence-electron chi connectivity index (χ1n) is 10.8. The zero-order chi connectivity index (χ0) is 21.5. The van der Waals surface area contributed by atoms with Crippen molar-refractivity contribution in [2.45, 2.75) is 50.5 Å². The van der Waals surface area contributed by atoms with E-state index in [-0.39, 0.29) is 12.2 Å². The lowest BCUT2D eigenvalue weighted by Crippen LogP contribution is -2.63. The molecule has 6 nitrogen and oxygen atoms in total. The van der Waals surface area contributed by atoms with Crippen LogP contribution >= 0.6 is 0 Å². The van der Waals surface area contributed by atoms with Gasteiger partial charge in [0.05, 0.1) is 19.8 Å². The standard InChI is InChI=1S/C25H30O6/c1-3-15-27-23-22(28-16-18-11-7-5-8-12-18)21-20(30-25(23)26-4-2)17-29-24(31-21)19-13-9-6-10-14-19/h3,5-14,20-25H,1,4,15-17H2,2H3/t20-,21-,22+,23-,24?,25+/m1/s1. The second-order valence-electron chi connectivity index (χ2n) is 7.52. The maximum Gasteiger partial charge on any atom is 0.186 e. The molecular weight excluding hydrogens is 396 g/mol. The summed E-state index contributed by atoms with van der Waals surface area (Å²) in [6.45, 7) is 7.37. The van der Waals surface area contributed by atoms with E-state index in [1.807, 2.05) is 67.6 Å². The molecule has 0 radical (unpaired) electrons. The SMILES string of the molecule is C=CCO[C@H]1[C@@H](OCC)O[C@@H]2COC(c3ccccc3)O[C@H]2[C@@H]1OCc1ccccc1. The van der Waals surface area contributed by atoms with Crippen LogP contribution in [-0.2, 0) is 35.0 Å². The van der Waals surface area contributed by atoms with Gasteiger partial charge in [0, 0.05) is 12.2 Å². The van der Waals surface area contributed by atoms with E-state index in [0.717, 1.165) is 11.1 Å². The van der Waals surface area contributed by atoms with Crippen LogP contribution in [0.15, 0.2) is 73.3 Å². The Kier molecular flexibility index (Phi) is 7.86. The van der Waals surface area contributed by atoms with E-state index >= 15 is 0 Å². The molecule has 166 valence electrons. The molecule has 2 heterocycles. The van der Waals surface area contributed by atoms with Crippen LogP contribution in [0.5, 0.6) is 0 Å². The minimum Gasteiger partial charge on any atom is -0.368 e. The van der Waals surface area contributed by atoms with Crippen LogP contribution < -0.4 is 0 Å². The highest BCUT2D eigenvalue weighted by molar-refractivity contribution is 5.17. The van der Waals surface area contributed by atoms with Crippen molar-refractivity contribution in [2.24, 2.45) is 0 Å². The molecule has 0 aliphatic carbocycles. The highest BCUT2D eigenvalue weighted by Crippen LogP contribution is 2.37. The second-order valence-corrected chi connectivity index (χ2v) is 7.52. The molecule has 0 N–H and O–H groups in total. The van der Waals surface area contributed by atoms with Crippen LogP contribution in [-0.4, -0.2) is 50.5 Å². The summed E-state index contributed by atoms with van der Waals surface area (Å²) < 4.78 is 36.9. The first kappa shape index (κ1) is 22.1. The summed E-state index contributed by atoms with van der Waals surface area (Å²) in [6.07, 6.45) is -0.899. The highest BCUT2D eigenvalue weighted by atomic mass is 16.8. The number of rotatable bonds is 9. The Bertz CT molecular complexity index is 798. The molecular formula is C25H30O6. The fourth-order valence-corrected chi connectivity index (χ4v) is 3.94. The molecule has 0 amide bonds. The van der Waals surface area contributed by atoms with Crippen LogP contribution in [0.3, 0.4) is 0 Å². The number of benzene rings is 2. The van der Waals surface area contributed by atoms with Gasteiger partial charge in [0.25, 0.3) is 0 Å². The Labute approximate surface area is 183 Å². The van der Waals surface area contributed by atoms with E-state index in [9.17, 15) is 0 Å². The molecule has 6 heteroatoms. The van der Waals surface area contributed by atoms with Crippen molar-refractivity contribution in [3.05, 3.63) is 84.4 Å². The lowest BCUT2D eigenvalue weighted by molar-refractivity contribution is -0.370. The average Bonchev–Trinajstić information content (AvgIpc) is 2.82. The van der Waals surface area contributed by atoms with Crippen molar-refractivity contribution in [2.75, 3.05) is 19.8 Å². The van der Waals surface area contributed by atoms with Gasteiger partial charge in [-0.2, -0.15) is 0 Å². The Morgan fingerprint density at radius 1 is 0.935 bits per heavy atom. The van der Waals surface area contributed by atoms with Crippen LogP contribution in [0.25, 0.3) is 0 Å². The summed E-state index contributed by atoms with van der Waals surface area (Å²) in [7, 11) is 0. The quantitative estimate of drug-likeness (QED) is 0.565. The van der Waals surface area contributed by atoms with E-state index in [4.69, 9.17) is 28.4 Å². The van der Waals surface area contributed by atoms with E-state index in [1.54, 1.807) is 6.08 Å². The zero-order valence-electron chi connectivity index (χ0n) is 17.8. The number of hydrogen-bond donors (Lipinski definition) is 0. The van der Waals surface area contributed by atoms with Gasteiger partial charge >= 0.3 is 0 Å². The first-order valence-corrected chi connectivity index (χ1v) is 10.8. The van der Waals surface area contributed by atoms with Crippen LogP contribution in [0.1, 0.15) is 24.3 Å². The second kappa shape index (κ2) is 11.0. The van der Waals surface area contributed by atoms with Crippen LogP contribution in [0, 0.1) is 0 Å². The molecule has 2 aromatic rings. The van der Waals surface area contributed by atoms with Gasteiger partial charge in [-0.25, -0.2) is 0 Å². The summed E-state index contributed by atoms with van der Waals surface area (Å²) in [5.41, 5.74) is 2.03. The summed E-state index contributed by atoms with van der Waals surface area (Å²) in [6, 6.07) is 19.9.